The van der Waals surface area contributed by atoms with Crippen LogP contribution in [-0.4, -0.2) is 50.3 Å². The fraction of sp³-hybridized carbons (Fsp3) is 0.618. The average Bonchev–Trinajstić information content (AvgIpc) is 3.30. The van der Waals surface area contributed by atoms with Gasteiger partial charge in [-0.25, -0.2) is 4.39 Å². The quantitative estimate of drug-likeness (QED) is 0.130. The van der Waals surface area contributed by atoms with Crippen molar-refractivity contribution in [2.45, 2.75) is 109 Å². The predicted molar refractivity (Wildman–Crippen MR) is 160 cm³/mol. The van der Waals surface area contributed by atoms with Crippen LogP contribution in [0.3, 0.4) is 0 Å². The van der Waals surface area contributed by atoms with Crippen LogP contribution in [0.5, 0.6) is 11.5 Å². The summed E-state index contributed by atoms with van der Waals surface area (Å²) >= 11 is 0. The standard InChI is InChI=1S/C34H50FNO4/c1-4-5-6-7-8-9-10-11-12-17-34(37)40-30-25-29(36(2)26-30)22-23-39-32-16-14-13-15-28(32)20-18-27-19-21-31(35)33(24-27)38-3/h13-16,19,21,24,29-30H,4-12,17-18,20,22-23,25-26H2,1-3H3. The maximum atomic E-state index is 13.7. The number of hydrogen-bond donors (Lipinski definition) is 0. The molecule has 2 aromatic rings. The smallest absolute Gasteiger partial charge is 0.306 e. The number of likely N-dealkylation sites (tertiary alicyclic amines) is 1. The van der Waals surface area contributed by atoms with Crippen molar-refractivity contribution in [1.82, 2.24) is 4.90 Å². The van der Waals surface area contributed by atoms with Gasteiger partial charge in [0.1, 0.15) is 11.9 Å². The highest BCUT2D eigenvalue weighted by Crippen LogP contribution is 2.25. The minimum Gasteiger partial charge on any atom is -0.494 e. The summed E-state index contributed by atoms with van der Waals surface area (Å²) in [7, 11) is 3.59. The first-order valence-corrected chi connectivity index (χ1v) is 15.4. The molecule has 0 bridgehead atoms. The lowest BCUT2D eigenvalue weighted by molar-refractivity contribution is -0.148. The molecule has 1 fully saturated rings. The number of esters is 1. The van der Waals surface area contributed by atoms with Gasteiger partial charge >= 0.3 is 5.97 Å². The number of methoxy groups -OCH3 is 1. The molecule has 0 N–H and O–H groups in total. The van der Waals surface area contributed by atoms with Crippen LogP contribution in [0.2, 0.25) is 0 Å². The maximum absolute atomic E-state index is 13.7. The van der Waals surface area contributed by atoms with E-state index in [0.29, 0.717) is 19.1 Å². The maximum Gasteiger partial charge on any atom is 0.306 e. The topological polar surface area (TPSA) is 48.0 Å². The number of likely N-dealkylation sites (N-methyl/N-ethyl adjacent to an activating group) is 1. The van der Waals surface area contributed by atoms with Gasteiger partial charge in [-0.1, -0.05) is 82.6 Å². The number of para-hydroxylation sites is 1. The summed E-state index contributed by atoms with van der Waals surface area (Å²) in [4.78, 5) is 14.7. The van der Waals surface area contributed by atoms with E-state index < -0.39 is 0 Å². The highest BCUT2D eigenvalue weighted by molar-refractivity contribution is 5.69. The van der Waals surface area contributed by atoms with Crippen molar-refractivity contribution in [2.24, 2.45) is 0 Å². The number of benzene rings is 2. The summed E-state index contributed by atoms with van der Waals surface area (Å²) in [5.41, 5.74) is 2.16. The zero-order chi connectivity index (χ0) is 28.6. The van der Waals surface area contributed by atoms with Crippen LogP contribution in [0, 0.1) is 5.82 Å². The highest BCUT2D eigenvalue weighted by atomic mass is 19.1. The number of unbranched alkanes of at least 4 members (excludes halogenated alkanes) is 8. The van der Waals surface area contributed by atoms with Crippen LogP contribution in [0.4, 0.5) is 4.39 Å². The lowest BCUT2D eigenvalue weighted by Gasteiger charge is -2.19. The molecule has 0 saturated carbocycles. The molecule has 0 radical (unpaired) electrons. The summed E-state index contributed by atoms with van der Waals surface area (Å²) in [6, 6.07) is 13.5. The molecule has 0 aromatic heterocycles. The van der Waals surface area contributed by atoms with Crippen molar-refractivity contribution < 1.29 is 23.4 Å². The number of hydrogen-bond acceptors (Lipinski definition) is 5. The Kier molecular flexibility index (Phi) is 14.3. The minimum absolute atomic E-state index is 0.0268. The zero-order valence-corrected chi connectivity index (χ0v) is 25.0. The molecule has 1 aliphatic heterocycles. The molecule has 2 atom stereocenters. The van der Waals surface area contributed by atoms with Gasteiger partial charge < -0.3 is 14.2 Å². The molecule has 0 spiro atoms. The summed E-state index contributed by atoms with van der Waals surface area (Å²) in [5, 5.41) is 0. The number of carbonyl (C=O) groups excluding carboxylic acids is 1. The van der Waals surface area contributed by atoms with Gasteiger partial charge in [0.15, 0.2) is 11.6 Å². The van der Waals surface area contributed by atoms with E-state index in [1.54, 1.807) is 12.1 Å². The first-order chi connectivity index (χ1) is 19.5. The van der Waals surface area contributed by atoms with E-state index >= 15 is 0 Å². The molecule has 2 aromatic carbocycles. The summed E-state index contributed by atoms with van der Waals surface area (Å²) in [5.74, 6) is 0.769. The van der Waals surface area contributed by atoms with E-state index in [4.69, 9.17) is 14.2 Å². The molecule has 5 nitrogen and oxygen atoms in total. The normalized spacial score (nSPS) is 17.2. The number of halogens is 1. The lowest BCUT2D eigenvalue weighted by atomic mass is 10.0. The van der Waals surface area contributed by atoms with Crippen molar-refractivity contribution in [3.05, 3.63) is 59.4 Å². The Morgan fingerprint density at radius 2 is 1.68 bits per heavy atom. The summed E-state index contributed by atoms with van der Waals surface area (Å²) < 4.78 is 30.9. The van der Waals surface area contributed by atoms with Gasteiger partial charge in [-0.3, -0.25) is 9.69 Å². The second-order valence-corrected chi connectivity index (χ2v) is 11.2. The van der Waals surface area contributed by atoms with Crippen molar-refractivity contribution in [3.63, 3.8) is 0 Å². The van der Waals surface area contributed by atoms with Gasteiger partial charge in [-0.2, -0.15) is 0 Å². The van der Waals surface area contributed by atoms with Crippen molar-refractivity contribution >= 4 is 5.97 Å². The summed E-state index contributed by atoms with van der Waals surface area (Å²) in [6.45, 7) is 3.64. The van der Waals surface area contributed by atoms with E-state index in [1.807, 2.05) is 18.2 Å². The molecule has 3 rings (SSSR count). The molecule has 0 aliphatic carbocycles. The minimum atomic E-state index is -0.345. The van der Waals surface area contributed by atoms with Crippen molar-refractivity contribution in [1.29, 1.82) is 0 Å². The monoisotopic (exact) mass is 555 g/mol. The van der Waals surface area contributed by atoms with Crippen molar-refractivity contribution in [2.75, 3.05) is 27.3 Å². The van der Waals surface area contributed by atoms with Crippen LogP contribution in [0.1, 0.15) is 95.1 Å². The Bertz CT molecular complexity index is 1010. The van der Waals surface area contributed by atoms with Gasteiger partial charge in [0.25, 0.3) is 0 Å². The molecule has 222 valence electrons. The largest absolute Gasteiger partial charge is 0.494 e. The fourth-order valence-corrected chi connectivity index (χ4v) is 5.57. The zero-order valence-electron chi connectivity index (χ0n) is 25.0. The number of carbonyl (C=O) groups is 1. The molecule has 0 amide bonds. The number of ether oxygens (including phenoxy) is 3. The summed E-state index contributed by atoms with van der Waals surface area (Å²) in [6.07, 6.45) is 15.0. The Labute approximate surface area is 241 Å². The Balaban J connectivity index is 1.33. The third-order valence-electron chi connectivity index (χ3n) is 8.01. The van der Waals surface area contributed by atoms with Crippen LogP contribution in [0.25, 0.3) is 0 Å². The van der Waals surface area contributed by atoms with Crippen LogP contribution in [-0.2, 0) is 22.4 Å². The highest BCUT2D eigenvalue weighted by Gasteiger charge is 2.31. The molecule has 1 aliphatic rings. The number of nitrogens with zero attached hydrogens (tertiary/aromatic N) is 1. The number of rotatable bonds is 19. The SMILES string of the molecule is CCCCCCCCCCCC(=O)OC1CC(CCOc2ccccc2CCc2ccc(F)c(OC)c2)N(C)C1. The molecular weight excluding hydrogens is 505 g/mol. The molecule has 1 heterocycles. The first kappa shape index (κ1) is 31.9. The van der Waals surface area contributed by atoms with Crippen molar-refractivity contribution in [3.8, 4) is 11.5 Å². The van der Waals surface area contributed by atoms with Gasteiger partial charge in [-0.05, 0) is 62.1 Å². The first-order valence-electron chi connectivity index (χ1n) is 15.4. The fourth-order valence-electron chi connectivity index (χ4n) is 5.57. The third kappa shape index (κ3) is 11.1. The van der Waals surface area contributed by atoms with Gasteiger partial charge in [0.2, 0.25) is 0 Å². The van der Waals surface area contributed by atoms with E-state index in [2.05, 4.69) is 24.9 Å². The number of aryl methyl sites for hydroxylation is 2. The van der Waals surface area contributed by atoms with Crippen LogP contribution >= 0.6 is 0 Å². The Morgan fingerprint density at radius 3 is 2.42 bits per heavy atom. The van der Waals surface area contributed by atoms with Gasteiger partial charge in [0.05, 0.1) is 13.7 Å². The second-order valence-electron chi connectivity index (χ2n) is 11.2. The van der Waals surface area contributed by atoms with E-state index in [0.717, 1.165) is 61.9 Å². The predicted octanol–water partition coefficient (Wildman–Crippen LogP) is 7.93. The van der Waals surface area contributed by atoms with Gasteiger partial charge in [0, 0.05) is 25.4 Å². The molecule has 40 heavy (non-hydrogen) atoms. The average molecular weight is 556 g/mol. The van der Waals surface area contributed by atoms with Gasteiger partial charge in [-0.15, -0.1) is 0 Å². The second kappa shape index (κ2) is 18.0. The van der Waals surface area contributed by atoms with E-state index in [-0.39, 0.29) is 23.6 Å². The van der Waals surface area contributed by atoms with E-state index in [1.165, 1.54) is 58.1 Å². The molecule has 2 unspecified atom stereocenters. The van der Waals surface area contributed by atoms with Crippen LogP contribution in [0.15, 0.2) is 42.5 Å². The third-order valence-corrected chi connectivity index (χ3v) is 8.01. The van der Waals surface area contributed by atoms with E-state index in [9.17, 15) is 9.18 Å². The molecule has 1 saturated heterocycles. The Morgan fingerprint density at radius 1 is 0.950 bits per heavy atom. The molecule has 6 heteroatoms. The lowest BCUT2D eigenvalue weighted by Crippen LogP contribution is -2.27. The molecular formula is C34H50FNO4. The van der Waals surface area contributed by atoms with Crippen LogP contribution < -0.4 is 9.47 Å². The Hall–Kier alpha value is -2.60.